The Balaban J connectivity index is 2.66. The molecule has 3 nitrogen and oxygen atoms in total. The first-order valence-corrected chi connectivity index (χ1v) is 5.54. The van der Waals surface area contributed by atoms with Crippen molar-refractivity contribution in [3.63, 3.8) is 0 Å². The van der Waals surface area contributed by atoms with E-state index in [0.29, 0.717) is 13.2 Å². The van der Waals surface area contributed by atoms with Crippen LogP contribution in [0.3, 0.4) is 0 Å². The van der Waals surface area contributed by atoms with Gasteiger partial charge >= 0.3 is 0 Å². The zero-order valence-corrected chi connectivity index (χ0v) is 10.2. The molecular formula is C13H20O3. The van der Waals surface area contributed by atoms with Crippen molar-refractivity contribution < 1.29 is 14.6 Å². The standard InChI is InChI=1S/C13H20O3/c1-4-15-11-7-5-6-8-12(11)16-10-13(2,3)9-14/h5-8,14H,4,9-10H2,1-3H3. The zero-order chi connectivity index (χ0) is 12.0. The van der Waals surface area contributed by atoms with E-state index in [1.54, 1.807) is 0 Å². The lowest BCUT2D eigenvalue weighted by molar-refractivity contribution is 0.0954. The lowest BCUT2D eigenvalue weighted by Gasteiger charge is -2.22. The maximum Gasteiger partial charge on any atom is 0.161 e. The molecule has 0 aliphatic rings. The van der Waals surface area contributed by atoms with Gasteiger partial charge in [0.1, 0.15) is 0 Å². The van der Waals surface area contributed by atoms with Crippen LogP contribution in [-0.4, -0.2) is 24.9 Å². The van der Waals surface area contributed by atoms with Gasteiger partial charge in [-0.3, -0.25) is 0 Å². The smallest absolute Gasteiger partial charge is 0.161 e. The summed E-state index contributed by atoms with van der Waals surface area (Å²) in [6.07, 6.45) is 0. The minimum atomic E-state index is -0.237. The summed E-state index contributed by atoms with van der Waals surface area (Å²) < 4.78 is 11.1. The Morgan fingerprint density at radius 3 is 2.19 bits per heavy atom. The summed E-state index contributed by atoms with van der Waals surface area (Å²) in [6, 6.07) is 7.57. The summed E-state index contributed by atoms with van der Waals surface area (Å²) in [5.41, 5.74) is -0.237. The third-order valence-electron chi connectivity index (χ3n) is 2.20. The average Bonchev–Trinajstić information content (AvgIpc) is 2.28. The van der Waals surface area contributed by atoms with Gasteiger partial charge in [0.05, 0.1) is 19.8 Å². The minimum absolute atomic E-state index is 0.101. The van der Waals surface area contributed by atoms with Gasteiger partial charge < -0.3 is 14.6 Å². The predicted molar refractivity (Wildman–Crippen MR) is 64.0 cm³/mol. The molecule has 0 aliphatic heterocycles. The van der Waals surface area contributed by atoms with Crippen molar-refractivity contribution in [3.05, 3.63) is 24.3 Å². The van der Waals surface area contributed by atoms with Crippen LogP contribution in [-0.2, 0) is 0 Å². The third-order valence-corrected chi connectivity index (χ3v) is 2.20. The normalized spacial score (nSPS) is 11.2. The van der Waals surface area contributed by atoms with Crippen LogP contribution < -0.4 is 9.47 Å². The average molecular weight is 224 g/mol. The molecule has 0 saturated carbocycles. The number of aliphatic hydroxyl groups is 1. The quantitative estimate of drug-likeness (QED) is 0.806. The second kappa shape index (κ2) is 5.75. The summed E-state index contributed by atoms with van der Waals surface area (Å²) in [5, 5.41) is 9.13. The summed E-state index contributed by atoms with van der Waals surface area (Å²) >= 11 is 0. The van der Waals surface area contributed by atoms with Gasteiger partial charge in [-0.15, -0.1) is 0 Å². The van der Waals surface area contributed by atoms with Gasteiger partial charge in [-0.05, 0) is 19.1 Å². The van der Waals surface area contributed by atoms with E-state index in [1.165, 1.54) is 0 Å². The van der Waals surface area contributed by atoms with E-state index in [0.717, 1.165) is 11.5 Å². The van der Waals surface area contributed by atoms with Crippen LogP contribution in [0.15, 0.2) is 24.3 Å². The number of ether oxygens (including phenoxy) is 2. The molecule has 0 bridgehead atoms. The van der Waals surface area contributed by atoms with Crippen LogP contribution in [0.5, 0.6) is 11.5 Å². The Bertz CT molecular complexity index is 321. The summed E-state index contributed by atoms with van der Waals surface area (Å²) in [4.78, 5) is 0. The number of rotatable bonds is 6. The minimum Gasteiger partial charge on any atom is -0.490 e. The van der Waals surface area contributed by atoms with Crippen LogP contribution in [0.1, 0.15) is 20.8 Å². The van der Waals surface area contributed by atoms with E-state index in [9.17, 15) is 0 Å². The molecule has 0 fully saturated rings. The Morgan fingerprint density at radius 1 is 1.12 bits per heavy atom. The molecule has 0 saturated heterocycles. The van der Waals surface area contributed by atoms with Crippen LogP contribution in [0, 0.1) is 5.41 Å². The first kappa shape index (κ1) is 12.8. The van der Waals surface area contributed by atoms with Gasteiger partial charge in [0.25, 0.3) is 0 Å². The molecule has 90 valence electrons. The molecule has 0 spiro atoms. The molecule has 0 aromatic heterocycles. The number of hydrogen-bond donors (Lipinski definition) is 1. The molecule has 0 amide bonds. The fraction of sp³-hybridized carbons (Fsp3) is 0.538. The molecule has 1 aromatic rings. The first-order valence-electron chi connectivity index (χ1n) is 5.54. The largest absolute Gasteiger partial charge is 0.490 e. The Morgan fingerprint density at radius 2 is 1.69 bits per heavy atom. The molecule has 0 atom stereocenters. The van der Waals surface area contributed by atoms with E-state index in [1.807, 2.05) is 45.0 Å². The highest BCUT2D eigenvalue weighted by Gasteiger charge is 2.18. The first-order chi connectivity index (χ1) is 7.59. The van der Waals surface area contributed by atoms with Gasteiger partial charge in [0.2, 0.25) is 0 Å². The SMILES string of the molecule is CCOc1ccccc1OCC(C)(C)CO. The van der Waals surface area contributed by atoms with Crippen molar-refractivity contribution in [2.75, 3.05) is 19.8 Å². The van der Waals surface area contributed by atoms with Gasteiger partial charge in [-0.25, -0.2) is 0 Å². The fourth-order valence-electron chi connectivity index (χ4n) is 1.16. The van der Waals surface area contributed by atoms with Crippen molar-refractivity contribution in [3.8, 4) is 11.5 Å². The Labute approximate surface area is 97.0 Å². The maximum absolute atomic E-state index is 9.13. The van der Waals surface area contributed by atoms with Gasteiger partial charge in [-0.1, -0.05) is 26.0 Å². The Hall–Kier alpha value is -1.22. The molecule has 0 aliphatic carbocycles. The van der Waals surface area contributed by atoms with Crippen molar-refractivity contribution in [1.82, 2.24) is 0 Å². The molecule has 16 heavy (non-hydrogen) atoms. The highest BCUT2D eigenvalue weighted by molar-refractivity contribution is 5.39. The molecule has 1 rings (SSSR count). The summed E-state index contributed by atoms with van der Waals surface area (Å²) in [7, 11) is 0. The number of para-hydroxylation sites is 2. The van der Waals surface area contributed by atoms with E-state index in [-0.39, 0.29) is 12.0 Å². The van der Waals surface area contributed by atoms with E-state index >= 15 is 0 Å². The predicted octanol–water partition coefficient (Wildman–Crippen LogP) is 2.48. The number of hydrogen-bond acceptors (Lipinski definition) is 3. The second-order valence-corrected chi connectivity index (χ2v) is 4.49. The second-order valence-electron chi connectivity index (χ2n) is 4.49. The van der Waals surface area contributed by atoms with Crippen LogP contribution in [0.25, 0.3) is 0 Å². The van der Waals surface area contributed by atoms with Crippen molar-refractivity contribution >= 4 is 0 Å². The van der Waals surface area contributed by atoms with Crippen molar-refractivity contribution in [2.45, 2.75) is 20.8 Å². The third kappa shape index (κ3) is 3.74. The van der Waals surface area contributed by atoms with Crippen molar-refractivity contribution in [1.29, 1.82) is 0 Å². The van der Waals surface area contributed by atoms with E-state index < -0.39 is 0 Å². The lowest BCUT2D eigenvalue weighted by atomic mass is 9.96. The summed E-state index contributed by atoms with van der Waals surface area (Å²) in [5.74, 6) is 1.48. The summed E-state index contributed by atoms with van der Waals surface area (Å²) in [6.45, 7) is 7.03. The van der Waals surface area contributed by atoms with Crippen LogP contribution in [0.2, 0.25) is 0 Å². The monoisotopic (exact) mass is 224 g/mol. The molecule has 0 unspecified atom stereocenters. The number of aliphatic hydroxyl groups excluding tert-OH is 1. The maximum atomic E-state index is 9.13. The molecule has 1 aromatic carbocycles. The van der Waals surface area contributed by atoms with E-state index in [2.05, 4.69) is 0 Å². The number of benzene rings is 1. The molecule has 1 N–H and O–H groups in total. The van der Waals surface area contributed by atoms with Crippen molar-refractivity contribution in [2.24, 2.45) is 5.41 Å². The highest BCUT2D eigenvalue weighted by Crippen LogP contribution is 2.28. The molecular weight excluding hydrogens is 204 g/mol. The Kier molecular flexibility index (Phi) is 4.62. The van der Waals surface area contributed by atoms with Gasteiger partial charge in [-0.2, -0.15) is 0 Å². The van der Waals surface area contributed by atoms with Crippen LogP contribution >= 0.6 is 0 Å². The fourth-order valence-corrected chi connectivity index (χ4v) is 1.16. The van der Waals surface area contributed by atoms with E-state index in [4.69, 9.17) is 14.6 Å². The lowest BCUT2D eigenvalue weighted by Crippen LogP contribution is -2.25. The van der Waals surface area contributed by atoms with Gasteiger partial charge in [0, 0.05) is 5.41 Å². The molecule has 3 heteroatoms. The van der Waals surface area contributed by atoms with Crippen LogP contribution in [0.4, 0.5) is 0 Å². The molecule has 0 radical (unpaired) electrons. The topological polar surface area (TPSA) is 38.7 Å². The zero-order valence-electron chi connectivity index (χ0n) is 10.2. The molecule has 0 heterocycles. The van der Waals surface area contributed by atoms with Gasteiger partial charge in [0.15, 0.2) is 11.5 Å². The highest BCUT2D eigenvalue weighted by atomic mass is 16.5.